The van der Waals surface area contributed by atoms with Crippen molar-refractivity contribution in [1.29, 1.82) is 0 Å². The highest BCUT2D eigenvalue weighted by Crippen LogP contribution is 2.41. The Morgan fingerprint density at radius 1 is 1.12 bits per heavy atom. The van der Waals surface area contributed by atoms with Crippen molar-refractivity contribution < 1.29 is 0 Å². The summed E-state index contributed by atoms with van der Waals surface area (Å²) in [5.41, 5.74) is 0. The van der Waals surface area contributed by atoms with E-state index in [0.717, 1.165) is 11.8 Å². The molecule has 2 aliphatic carbocycles. The van der Waals surface area contributed by atoms with Gasteiger partial charge in [-0.2, -0.15) is 0 Å². The fourth-order valence-electron chi connectivity index (χ4n) is 1.16. The van der Waals surface area contributed by atoms with Crippen LogP contribution in [-0.4, -0.2) is 0 Å². The SMILES string of the molecule is C1=CC2CC2C=C[CH+]1. The van der Waals surface area contributed by atoms with Crippen molar-refractivity contribution in [2.45, 2.75) is 6.42 Å². The van der Waals surface area contributed by atoms with Gasteiger partial charge in [-0.05, 0) is 6.42 Å². The van der Waals surface area contributed by atoms with Crippen molar-refractivity contribution in [2.24, 2.45) is 11.8 Å². The number of hydrogen-bond acceptors (Lipinski definition) is 0. The molecule has 0 spiro atoms. The van der Waals surface area contributed by atoms with E-state index in [9.17, 15) is 0 Å². The van der Waals surface area contributed by atoms with Crippen LogP contribution in [0.25, 0.3) is 0 Å². The van der Waals surface area contributed by atoms with Gasteiger partial charge < -0.3 is 0 Å². The van der Waals surface area contributed by atoms with Gasteiger partial charge in [0.05, 0.1) is 0 Å². The summed E-state index contributed by atoms with van der Waals surface area (Å²) < 4.78 is 0. The Balaban J connectivity index is 2.17. The second-order valence-electron chi connectivity index (χ2n) is 2.53. The minimum absolute atomic E-state index is 0.894. The van der Waals surface area contributed by atoms with Crippen LogP contribution in [0.3, 0.4) is 0 Å². The van der Waals surface area contributed by atoms with Gasteiger partial charge in [-0.1, -0.05) is 0 Å². The highest BCUT2D eigenvalue weighted by atomic mass is 14.4. The molecule has 0 aromatic heterocycles. The molecule has 2 atom stereocenters. The van der Waals surface area contributed by atoms with E-state index < -0.39 is 0 Å². The summed E-state index contributed by atoms with van der Waals surface area (Å²) in [6.45, 7) is 0. The zero-order valence-corrected chi connectivity index (χ0v) is 4.75. The van der Waals surface area contributed by atoms with Crippen LogP contribution in [0.4, 0.5) is 0 Å². The van der Waals surface area contributed by atoms with Crippen molar-refractivity contribution in [1.82, 2.24) is 0 Å². The van der Waals surface area contributed by atoms with Gasteiger partial charge in [-0.15, -0.1) is 0 Å². The van der Waals surface area contributed by atoms with E-state index in [1.165, 1.54) is 6.42 Å². The van der Waals surface area contributed by atoms with E-state index in [-0.39, 0.29) is 0 Å². The maximum absolute atomic E-state index is 2.30. The fraction of sp³-hybridized carbons (Fsp3) is 0.375. The molecule has 8 heavy (non-hydrogen) atoms. The summed E-state index contributed by atoms with van der Waals surface area (Å²) in [6.07, 6.45) is 12.4. The highest BCUT2D eigenvalue weighted by Gasteiger charge is 2.38. The molecule has 0 amide bonds. The number of allylic oxidation sites excluding steroid dienone is 4. The molecular weight excluding hydrogens is 96.1 g/mol. The maximum Gasteiger partial charge on any atom is 0.0425 e. The molecule has 2 rings (SSSR count). The van der Waals surface area contributed by atoms with Crippen molar-refractivity contribution >= 4 is 0 Å². The van der Waals surface area contributed by atoms with Crippen LogP contribution in [-0.2, 0) is 0 Å². The minimum atomic E-state index is 0.894. The minimum Gasteiger partial charge on any atom is -0.0138 e. The van der Waals surface area contributed by atoms with Gasteiger partial charge in [0.2, 0.25) is 0 Å². The van der Waals surface area contributed by atoms with E-state index in [1.54, 1.807) is 0 Å². The van der Waals surface area contributed by atoms with Crippen LogP contribution in [0.15, 0.2) is 24.3 Å². The van der Waals surface area contributed by atoms with Crippen LogP contribution < -0.4 is 0 Å². The third kappa shape index (κ3) is 0.568. The molecule has 0 bridgehead atoms. The van der Waals surface area contributed by atoms with Crippen molar-refractivity contribution in [3.63, 3.8) is 0 Å². The third-order valence-corrected chi connectivity index (χ3v) is 1.83. The van der Waals surface area contributed by atoms with Crippen LogP contribution in [0.5, 0.6) is 0 Å². The monoisotopic (exact) mass is 105 g/mol. The van der Waals surface area contributed by atoms with Gasteiger partial charge in [0.15, 0.2) is 0 Å². The Kier molecular flexibility index (Phi) is 0.750. The van der Waals surface area contributed by atoms with Gasteiger partial charge in [-0.25, -0.2) is 0 Å². The van der Waals surface area contributed by atoms with Gasteiger partial charge in [0.25, 0.3) is 0 Å². The second-order valence-corrected chi connectivity index (χ2v) is 2.53. The largest absolute Gasteiger partial charge is 0.0425 e. The molecule has 0 heterocycles. The molecule has 0 aliphatic heterocycles. The predicted octanol–water partition coefficient (Wildman–Crippen LogP) is 1.95. The molecule has 0 N–H and O–H groups in total. The molecule has 0 aromatic rings. The van der Waals surface area contributed by atoms with Crippen molar-refractivity contribution in [3.8, 4) is 0 Å². The Bertz CT molecular complexity index is 126. The van der Waals surface area contributed by atoms with E-state index in [0.29, 0.717) is 0 Å². The molecule has 40 valence electrons. The molecule has 0 heteroatoms. The van der Waals surface area contributed by atoms with Crippen LogP contribution in [0.1, 0.15) is 6.42 Å². The van der Waals surface area contributed by atoms with Gasteiger partial charge in [0, 0.05) is 42.6 Å². The van der Waals surface area contributed by atoms with Crippen molar-refractivity contribution in [2.75, 3.05) is 0 Å². The summed E-state index contributed by atoms with van der Waals surface area (Å²) in [6, 6.07) is 0. The lowest BCUT2D eigenvalue weighted by molar-refractivity contribution is 1.00. The van der Waals surface area contributed by atoms with Gasteiger partial charge in [-0.3, -0.25) is 0 Å². The first-order chi connectivity index (χ1) is 3.97. The Hall–Kier alpha value is -0.650. The van der Waals surface area contributed by atoms with Gasteiger partial charge in [0.1, 0.15) is 0 Å². The average Bonchev–Trinajstić information content (AvgIpc) is 2.36. The summed E-state index contributed by atoms with van der Waals surface area (Å²) in [5, 5.41) is 0. The zero-order chi connectivity index (χ0) is 5.40. The molecule has 2 unspecified atom stereocenters. The van der Waals surface area contributed by atoms with Crippen molar-refractivity contribution in [3.05, 3.63) is 30.7 Å². The van der Waals surface area contributed by atoms with Crippen LogP contribution in [0.2, 0.25) is 0 Å². The highest BCUT2D eigenvalue weighted by molar-refractivity contribution is 5.22. The molecule has 0 nitrogen and oxygen atoms in total. The number of fused-ring (bicyclic) bond motifs is 1. The lowest BCUT2D eigenvalue weighted by atomic mass is 10.3. The second kappa shape index (κ2) is 1.41. The molecule has 0 aromatic carbocycles. The zero-order valence-electron chi connectivity index (χ0n) is 4.75. The predicted molar refractivity (Wildman–Crippen MR) is 34.2 cm³/mol. The normalized spacial score (nSPS) is 40.0. The van der Waals surface area contributed by atoms with Gasteiger partial charge >= 0.3 is 0 Å². The summed E-state index contributed by atoms with van der Waals surface area (Å²) >= 11 is 0. The van der Waals surface area contributed by atoms with Crippen LogP contribution >= 0.6 is 0 Å². The first-order valence-corrected chi connectivity index (χ1v) is 3.15. The summed E-state index contributed by atoms with van der Waals surface area (Å²) in [5.74, 6) is 1.79. The summed E-state index contributed by atoms with van der Waals surface area (Å²) in [7, 11) is 0. The molecule has 2 aliphatic rings. The van der Waals surface area contributed by atoms with E-state index in [2.05, 4.69) is 30.7 Å². The summed E-state index contributed by atoms with van der Waals surface area (Å²) in [4.78, 5) is 0. The quantitative estimate of drug-likeness (QED) is 0.413. The van der Waals surface area contributed by atoms with E-state index in [1.807, 2.05) is 0 Å². The van der Waals surface area contributed by atoms with E-state index >= 15 is 0 Å². The Labute approximate surface area is 49.9 Å². The third-order valence-electron chi connectivity index (χ3n) is 1.83. The molecular formula is C8H9+. The molecule has 1 fully saturated rings. The topological polar surface area (TPSA) is 0 Å². The molecule has 0 radical (unpaired) electrons. The fourth-order valence-corrected chi connectivity index (χ4v) is 1.16. The number of hydrogen-bond donors (Lipinski definition) is 0. The Morgan fingerprint density at radius 2 is 1.75 bits per heavy atom. The number of rotatable bonds is 0. The van der Waals surface area contributed by atoms with Crippen LogP contribution in [0, 0.1) is 18.3 Å². The molecule has 1 saturated carbocycles. The average molecular weight is 105 g/mol. The smallest absolute Gasteiger partial charge is 0.0138 e. The first-order valence-electron chi connectivity index (χ1n) is 3.15. The molecule has 0 saturated heterocycles. The standard InChI is InChI=1S/C8H9/c1-2-4-7-6-8(7)5-3-1/h1-5,7-8H,6H2/q+1. The lowest BCUT2D eigenvalue weighted by Gasteiger charge is -1.68. The maximum atomic E-state index is 2.30. The first kappa shape index (κ1) is 4.25. The van der Waals surface area contributed by atoms with E-state index in [4.69, 9.17) is 0 Å². The Morgan fingerprint density at radius 3 is 2.38 bits per heavy atom. The lowest BCUT2D eigenvalue weighted by Crippen LogP contribution is -1.65.